The number of nitrogens with zero attached hydrogens (tertiary/aromatic N) is 1. The standard InChI is InChI=1S/C16H29NS/c1-5-17(6-2)12-10-8-7-9-11-16-13-14(3)18-15(16)4/h13H,5-12H2,1-4H3. The van der Waals surface area contributed by atoms with Gasteiger partial charge in [-0.15, -0.1) is 11.3 Å². The van der Waals surface area contributed by atoms with Gasteiger partial charge in [-0.1, -0.05) is 26.7 Å². The summed E-state index contributed by atoms with van der Waals surface area (Å²) in [5.74, 6) is 0. The van der Waals surface area contributed by atoms with Gasteiger partial charge < -0.3 is 4.90 Å². The van der Waals surface area contributed by atoms with Crippen LogP contribution in [0.15, 0.2) is 6.07 Å². The smallest absolute Gasteiger partial charge is 0.00490 e. The van der Waals surface area contributed by atoms with Crippen molar-refractivity contribution < 1.29 is 0 Å². The Labute approximate surface area is 117 Å². The third-order valence-corrected chi connectivity index (χ3v) is 4.72. The summed E-state index contributed by atoms with van der Waals surface area (Å²) in [6.45, 7) is 12.7. The van der Waals surface area contributed by atoms with E-state index in [9.17, 15) is 0 Å². The maximum atomic E-state index is 2.52. The van der Waals surface area contributed by atoms with Crippen molar-refractivity contribution in [1.29, 1.82) is 0 Å². The average molecular weight is 267 g/mol. The summed E-state index contributed by atoms with van der Waals surface area (Å²) in [5, 5.41) is 0. The molecule has 1 aromatic heterocycles. The molecule has 0 bridgehead atoms. The van der Waals surface area contributed by atoms with Gasteiger partial charge in [0.05, 0.1) is 0 Å². The molecule has 0 N–H and O–H groups in total. The average Bonchev–Trinajstić information content (AvgIpc) is 2.67. The van der Waals surface area contributed by atoms with Gasteiger partial charge in [0.1, 0.15) is 0 Å². The number of hydrogen-bond acceptors (Lipinski definition) is 2. The van der Waals surface area contributed by atoms with Gasteiger partial charge in [0.15, 0.2) is 0 Å². The number of aryl methyl sites for hydroxylation is 3. The van der Waals surface area contributed by atoms with Gasteiger partial charge in [0, 0.05) is 9.75 Å². The minimum Gasteiger partial charge on any atom is -0.304 e. The van der Waals surface area contributed by atoms with Crippen molar-refractivity contribution in [1.82, 2.24) is 4.90 Å². The van der Waals surface area contributed by atoms with Crippen molar-refractivity contribution in [3.8, 4) is 0 Å². The maximum absolute atomic E-state index is 2.52. The molecule has 2 heteroatoms. The second kappa shape index (κ2) is 8.71. The summed E-state index contributed by atoms with van der Waals surface area (Å²) >= 11 is 1.94. The van der Waals surface area contributed by atoms with Crippen LogP contribution in [0.25, 0.3) is 0 Å². The second-order valence-electron chi connectivity index (χ2n) is 5.13. The molecule has 104 valence electrons. The highest BCUT2D eigenvalue weighted by Crippen LogP contribution is 2.22. The summed E-state index contributed by atoms with van der Waals surface area (Å²) in [6.07, 6.45) is 6.77. The molecule has 0 radical (unpaired) electrons. The van der Waals surface area contributed by atoms with Gasteiger partial charge in [0.2, 0.25) is 0 Å². The molecule has 1 nitrogen and oxygen atoms in total. The third kappa shape index (κ3) is 5.53. The number of thiophene rings is 1. The topological polar surface area (TPSA) is 3.24 Å². The predicted molar refractivity (Wildman–Crippen MR) is 83.8 cm³/mol. The summed E-state index contributed by atoms with van der Waals surface area (Å²) < 4.78 is 0. The molecule has 0 spiro atoms. The highest BCUT2D eigenvalue weighted by Gasteiger charge is 2.02. The Kier molecular flexibility index (Phi) is 7.60. The number of unbranched alkanes of at least 4 members (excludes halogenated alkanes) is 3. The Morgan fingerprint density at radius 1 is 1.00 bits per heavy atom. The van der Waals surface area contributed by atoms with E-state index < -0.39 is 0 Å². The molecule has 1 rings (SSSR count). The van der Waals surface area contributed by atoms with E-state index in [1.54, 1.807) is 5.56 Å². The first kappa shape index (κ1) is 15.7. The van der Waals surface area contributed by atoms with Gasteiger partial charge in [-0.25, -0.2) is 0 Å². The summed E-state index contributed by atoms with van der Waals surface area (Å²) in [7, 11) is 0. The highest BCUT2D eigenvalue weighted by atomic mass is 32.1. The van der Waals surface area contributed by atoms with Gasteiger partial charge in [-0.3, -0.25) is 0 Å². The zero-order chi connectivity index (χ0) is 13.4. The molecule has 0 aliphatic carbocycles. The fourth-order valence-corrected chi connectivity index (χ4v) is 3.45. The van der Waals surface area contributed by atoms with Crippen LogP contribution in [-0.4, -0.2) is 24.5 Å². The lowest BCUT2D eigenvalue weighted by Crippen LogP contribution is -2.23. The lowest BCUT2D eigenvalue weighted by molar-refractivity contribution is 0.295. The van der Waals surface area contributed by atoms with Crippen LogP contribution in [-0.2, 0) is 6.42 Å². The van der Waals surface area contributed by atoms with Crippen LogP contribution < -0.4 is 0 Å². The van der Waals surface area contributed by atoms with E-state index in [4.69, 9.17) is 0 Å². The third-order valence-electron chi connectivity index (χ3n) is 3.71. The fraction of sp³-hybridized carbons (Fsp3) is 0.750. The van der Waals surface area contributed by atoms with Crippen LogP contribution in [0.1, 0.15) is 54.8 Å². The fourth-order valence-electron chi connectivity index (χ4n) is 2.48. The predicted octanol–water partition coefficient (Wildman–Crippen LogP) is 4.81. The minimum atomic E-state index is 1.20. The zero-order valence-electron chi connectivity index (χ0n) is 12.6. The van der Waals surface area contributed by atoms with Gasteiger partial charge in [-0.2, -0.15) is 0 Å². The molecule has 18 heavy (non-hydrogen) atoms. The van der Waals surface area contributed by atoms with Gasteiger partial charge >= 0.3 is 0 Å². The molecular formula is C16H29NS. The molecule has 0 saturated heterocycles. The van der Waals surface area contributed by atoms with Crippen LogP contribution in [0.4, 0.5) is 0 Å². The lowest BCUT2D eigenvalue weighted by atomic mass is 10.1. The van der Waals surface area contributed by atoms with Crippen molar-refractivity contribution >= 4 is 11.3 Å². The van der Waals surface area contributed by atoms with Gasteiger partial charge in [0.25, 0.3) is 0 Å². The summed E-state index contributed by atoms with van der Waals surface area (Å²) in [6, 6.07) is 2.37. The van der Waals surface area contributed by atoms with Crippen LogP contribution in [0.5, 0.6) is 0 Å². The largest absolute Gasteiger partial charge is 0.304 e. The van der Waals surface area contributed by atoms with E-state index in [2.05, 4.69) is 38.7 Å². The molecule has 0 aromatic carbocycles. The van der Waals surface area contributed by atoms with E-state index in [1.807, 2.05) is 11.3 Å². The highest BCUT2D eigenvalue weighted by molar-refractivity contribution is 7.12. The molecule has 0 unspecified atom stereocenters. The lowest BCUT2D eigenvalue weighted by Gasteiger charge is -2.17. The molecule has 0 aliphatic heterocycles. The van der Waals surface area contributed by atoms with E-state index in [0.29, 0.717) is 0 Å². The van der Waals surface area contributed by atoms with E-state index in [1.165, 1.54) is 61.5 Å². The Bertz CT molecular complexity index is 326. The quantitative estimate of drug-likeness (QED) is 0.580. The molecule has 0 saturated carbocycles. The van der Waals surface area contributed by atoms with E-state index in [-0.39, 0.29) is 0 Å². The molecule has 0 atom stereocenters. The zero-order valence-corrected chi connectivity index (χ0v) is 13.4. The van der Waals surface area contributed by atoms with E-state index >= 15 is 0 Å². The molecule has 0 amide bonds. The Hall–Kier alpha value is -0.340. The first-order chi connectivity index (χ1) is 8.67. The van der Waals surface area contributed by atoms with Crippen LogP contribution in [0, 0.1) is 13.8 Å². The molecule has 0 fully saturated rings. The van der Waals surface area contributed by atoms with E-state index in [0.717, 1.165) is 0 Å². The van der Waals surface area contributed by atoms with Crippen LogP contribution >= 0.6 is 11.3 Å². The molecule has 1 aromatic rings. The maximum Gasteiger partial charge on any atom is 0.00490 e. The first-order valence-electron chi connectivity index (χ1n) is 7.45. The van der Waals surface area contributed by atoms with Crippen molar-refractivity contribution in [2.24, 2.45) is 0 Å². The Balaban J connectivity index is 2.07. The number of hydrogen-bond donors (Lipinski definition) is 0. The van der Waals surface area contributed by atoms with Crippen molar-refractivity contribution in [3.63, 3.8) is 0 Å². The summed E-state index contributed by atoms with van der Waals surface area (Å²) in [4.78, 5) is 5.51. The van der Waals surface area contributed by atoms with Crippen molar-refractivity contribution in [2.75, 3.05) is 19.6 Å². The molecule has 0 aliphatic rings. The molecule has 1 heterocycles. The monoisotopic (exact) mass is 267 g/mol. The Morgan fingerprint density at radius 2 is 1.67 bits per heavy atom. The normalized spacial score (nSPS) is 11.4. The minimum absolute atomic E-state index is 1.20. The van der Waals surface area contributed by atoms with Crippen LogP contribution in [0.3, 0.4) is 0 Å². The Morgan fingerprint density at radius 3 is 2.22 bits per heavy atom. The molecular weight excluding hydrogens is 238 g/mol. The summed E-state index contributed by atoms with van der Waals surface area (Å²) in [5.41, 5.74) is 1.58. The van der Waals surface area contributed by atoms with Gasteiger partial charge in [-0.05, 0) is 64.4 Å². The van der Waals surface area contributed by atoms with Crippen molar-refractivity contribution in [3.05, 3.63) is 21.4 Å². The number of rotatable bonds is 9. The first-order valence-corrected chi connectivity index (χ1v) is 8.27. The second-order valence-corrected chi connectivity index (χ2v) is 6.59. The SMILES string of the molecule is CCN(CC)CCCCCCc1cc(C)sc1C. The van der Waals surface area contributed by atoms with Crippen LogP contribution in [0.2, 0.25) is 0 Å². The van der Waals surface area contributed by atoms with Crippen molar-refractivity contribution in [2.45, 2.75) is 59.8 Å².